The number of carbonyl (C=O) groups is 3. The second-order valence-electron chi connectivity index (χ2n) is 5.26. The number of hydrogen-bond acceptors (Lipinski definition) is 4. The van der Waals surface area contributed by atoms with E-state index in [1.165, 1.54) is 48.5 Å². The molecule has 0 spiro atoms. The van der Waals surface area contributed by atoms with Gasteiger partial charge in [0.05, 0.1) is 17.2 Å². The molecule has 0 aliphatic heterocycles. The largest absolute Gasteiger partial charge is 0.480 e. The smallest absolute Gasteiger partial charge is 0.335 e. The van der Waals surface area contributed by atoms with Gasteiger partial charge in [0.25, 0.3) is 5.91 Å². The number of carbonyl (C=O) groups excluding carboxylic acids is 1. The van der Waals surface area contributed by atoms with E-state index >= 15 is 0 Å². The molecule has 0 fully saturated rings. The molecule has 2 rings (SSSR count). The molecule has 1 amide bonds. The maximum absolute atomic E-state index is 12.2. The van der Waals surface area contributed by atoms with Crippen LogP contribution in [0.25, 0.3) is 0 Å². The average molecular weight is 338 g/mol. The minimum atomic E-state index is -1.20. The highest BCUT2D eigenvalue weighted by atomic mass is 16.4. The van der Waals surface area contributed by atoms with Crippen LogP contribution in [0, 0.1) is 11.3 Å². The maximum atomic E-state index is 12.2. The fourth-order valence-electron chi connectivity index (χ4n) is 2.16. The molecule has 7 nitrogen and oxygen atoms in total. The third kappa shape index (κ3) is 4.65. The molecular weight excluding hydrogens is 324 g/mol. The first-order valence-corrected chi connectivity index (χ1v) is 7.27. The number of amides is 1. The molecule has 0 unspecified atom stereocenters. The Balaban J connectivity index is 2.09. The number of nitriles is 1. The summed E-state index contributed by atoms with van der Waals surface area (Å²) in [7, 11) is 0. The zero-order valence-corrected chi connectivity index (χ0v) is 13.0. The summed E-state index contributed by atoms with van der Waals surface area (Å²) < 4.78 is 0. The number of nitrogens with zero attached hydrogens (tertiary/aromatic N) is 1. The number of benzene rings is 2. The quantitative estimate of drug-likeness (QED) is 0.735. The van der Waals surface area contributed by atoms with Crippen LogP contribution in [-0.4, -0.2) is 34.1 Å². The molecular formula is C18H14N2O5. The molecule has 0 aromatic heterocycles. The summed E-state index contributed by atoms with van der Waals surface area (Å²) in [5.74, 6) is -2.85. The van der Waals surface area contributed by atoms with Gasteiger partial charge < -0.3 is 15.5 Å². The van der Waals surface area contributed by atoms with Gasteiger partial charge in [0.2, 0.25) is 0 Å². The van der Waals surface area contributed by atoms with Crippen molar-refractivity contribution in [2.45, 2.75) is 12.5 Å². The van der Waals surface area contributed by atoms with Crippen molar-refractivity contribution >= 4 is 17.8 Å². The molecule has 3 N–H and O–H groups in total. The van der Waals surface area contributed by atoms with Gasteiger partial charge in [-0.2, -0.15) is 5.26 Å². The Labute approximate surface area is 143 Å². The number of aliphatic carboxylic acids is 1. The maximum Gasteiger partial charge on any atom is 0.335 e. The van der Waals surface area contributed by atoms with Gasteiger partial charge in [-0.1, -0.05) is 12.1 Å². The Hall–Kier alpha value is -3.66. The van der Waals surface area contributed by atoms with Crippen LogP contribution in [0.5, 0.6) is 0 Å². The lowest BCUT2D eigenvalue weighted by Crippen LogP contribution is -2.42. The minimum Gasteiger partial charge on any atom is -0.480 e. The molecule has 2 aromatic carbocycles. The van der Waals surface area contributed by atoms with Crippen molar-refractivity contribution in [1.29, 1.82) is 5.26 Å². The highest BCUT2D eigenvalue weighted by Crippen LogP contribution is 2.09. The topological polar surface area (TPSA) is 127 Å². The molecule has 0 saturated heterocycles. The van der Waals surface area contributed by atoms with Crippen LogP contribution in [0.2, 0.25) is 0 Å². The predicted octanol–water partition coefficient (Wildman–Crippen LogP) is 1.68. The normalized spacial score (nSPS) is 11.2. The third-order valence-electron chi connectivity index (χ3n) is 3.52. The molecule has 0 aliphatic rings. The SMILES string of the molecule is N#Cc1ccc(C(=O)N[C@H](Cc2ccc(C(=O)O)cc2)C(=O)O)cc1. The van der Waals surface area contributed by atoms with Crippen LogP contribution in [0.1, 0.15) is 31.8 Å². The lowest BCUT2D eigenvalue weighted by molar-refractivity contribution is -0.139. The van der Waals surface area contributed by atoms with Gasteiger partial charge in [0, 0.05) is 12.0 Å². The summed E-state index contributed by atoms with van der Waals surface area (Å²) in [5.41, 5.74) is 1.31. The standard InChI is InChI=1S/C18H14N2O5/c19-10-12-3-5-13(6-4-12)16(21)20-15(18(24)25)9-11-1-7-14(8-2-11)17(22)23/h1-8,15H,9H2,(H,20,21)(H,22,23)(H,24,25)/t15-/m1/s1. The minimum absolute atomic E-state index is 0.0112. The van der Waals surface area contributed by atoms with Gasteiger partial charge in [-0.15, -0.1) is 0 Å². The van der Waals surface area contributed by atoms with Gasteiger partial charge in [-0.05, 0) is 42.0 Å². The molecule has 1 atom stereocenters. The summed E-state index contributed by atoms with van der Waals surface area (Å²) in [6, 6.07) is 12.3. The molecule has 0 saturated carbocycles. The van der Waals surface area contributed by atoms with Crippen LogP contribution < -0.4 is 5.32 Å². The number of aromatic carboxylic acids is 1. The van der Waals surface area contributed by atoms with E-state index in [-0.39, 0.29) is 17.5 Å². The van der Waals surface area contributed by atoms with E-state index in [1.54, 1.807) is 0 Å². The van der Waals surface area contributed by atoms with E-state index < -0.39 is 23.9 Å². The summed E-state index contributed by atoms with van der Waals surface area (Å²) in [5, 5.41) is 29.3. The summed E-state index contributed by atoms with van der Waals surface area (Å²) in [4.78, 5) is 34.4. The summed E-state index contributed by atoms with van der Waals surface area (Å²) >= 11 is 0. The summed E-state index contributed by atoms with van der Waals surface area (Å²) in [6.45, 7) is 0. The molecule has 0 bridgehead atoms. The number of carboxylic acids is 2. The van der Waals surface area contributed by atoms with Crippen molar-refractivity contribution in [2.24, 2.45) is 0 Å². The summed E-state index contributed by atoms with van der Waals surface area (Å²) in [6.07, 6.45) is 0.0112. The third-order valence-corrected chi connectivity index (χ3v) is 3.52. The number of carboxylic acid groups (broad SMARTS) is 2. The fourth-order valence-corrected chi connectivity index (χ4v) is 2.16. The van der Waals surface area contributed by atoms with E-state index in [1.807, 2.05) is 6.07 Å². The highest BCUT2D eigenvalue weighted by Gasteiger charge is 2.21. The van der Waals surface area contributed by atoms with Crippen molar-refractivity contribution in [3.8, 4) is 6.07 Å². The number of rotatable bonds is 6. The average Bonchev–Trinajstić information content (AvgIpc) is 2.61. The molecule has 7 heteroatoms. The van der Waals surface area contributed by atoms with Crippen molar-refractivity contribution < 1.29 is 24.6 Å². The highest BCUT2D eigenvalue weighted by molar-refractivity contribution is 5.96. The van der Waals surface area contributed by atoms with Gasteiger partial charge >= 0.3 is 11.9 Å². The Morgan fingerprint density at radius 1 is 0.960 bits per heavy atom. The lowest BCUT2D eigenvalue weighted by Gasteiger charge is -2.15. The Bertz CT molecular complexity index is 835. The van der Waals surface area contributed by atoms with Crippen LogP contribution in [0.3, 0.4) is 0 Å². The van der Waals surface area contributed by atoms with E-state index in [0.29, 0.717) is 11.1 Å². The van der Waals surface area contributed by atoms with Gasteiger partial charge in [0.1, 0.15) is 6.04 Å². The lowest BCUT2D eigenvalue weighted by atomic mass is 10.0. The van der Waals surface area contributed by atoms with E-state index in [9.17, 15) is 19.5 Å². The van der Waals surface area contributed by atoms with E-state index in [0.717, 1.165) is 0 Å². The second-order valence-corrected chi connectivity index (χ2v) is 5.26. The van der Waals surface area contributed by atoms with Gasteiger partial charge in [-0.3, -0.25) is 4.79 Å². The van der Waals surface area contributed by atoms with Crippen LogP contribution in [-0.2, 0) is 11.2 Å². The van der Waals surface area contributed by atoms with E-state index in [2.05, 4.69) is 5.32 Å². The first-order chi connectivity index (χ1) is 11.9. The van der Waals surface area contributed by atoms with Crippen molar-refractivity contribution in [3.63, 3.8) is 0 Å². The zero-order valence-electron chi connectivity index (χ0n) is 13.0. The van der Waals surface area contributed by atoms with Crippen LogP contribution in [0.15, 0.2) is 48.5 Å². The van der Waals surface area contributed by atoms with Crippen LogP contribution in [0.4, 0.5) is 0 Å². The number of hydrogen-bond donors (Lipinski definition) is 3. The molecule has 0 aliphatic carbocycles. The monoisotopic (exact) mass is 338 g/mol. The molecule has 0 heterocycles. The van der Waals surface area contributed by atoms with Gasteiger partial charge in [0.15, 0.2) is 0 Å². The van der Waals surface area contributed by atoms with Crippen LogP contribution >= 0.6 is 0 Å². The van der Waals surface area contributed by atoms with Crippen molar-refractivity contribution in [1.82, 2.24) is 5.32 Å². The number of nitrogens with one attached hydrogen (secondary N) is 1. The Morgan fingerprint density at radius 2 is 1.52 bits per heavy atom. The first-order valence-electron chi connectivity index (χ1n) is 7.27. The van der Waals surface area contributed by atoms with Crippen molar-refractivity contribution in [3.05, 3.63) is 70.8 Å². The molecule has 0 radical (unpaired) electrons. The zero-order chi connectivity index (χ0) is 18.4. The molecule has 2 aromatic rings. The molecule has 126 valence electrons. The fraction of sp³-hybridized carbons (Fsp3) is 0.111. The Morgan fingerprint density at radius 3 is 2.00 bits per heavy atom. The van der Waals surface area contributed by atoms with Crippen molar-refractivity contribution in [2.75, 3.05) is 0 Å². The molecule has 25 heavy (non-hydrogen) atoms. The van der Waals surface area contributed by atoms with Gasteiger partial charge in [-0.25, -0.2) is 9.59 Å². The van der Waals surface area contributed by atoms with E-state index in [4.69, 9.17) is 10.4 Å². The first kappa shape index (κ1) is 17.7. The predicted molar refractivity (Wildman–Crippen MR) is 87.2 cm³/mol. The second kappa shape index (κ2) is 7.75. The Kier molecular flexibility index (Phi) is 5.48.